The third kappa shape index (κ3) is 3.20. The quantitative estimate of drug-likeness (QED) is 0.631. The van der Waals surface area contributed by atoms with Crippen LogP contribution in [0.2, 0.25) is 0 Å². The molecule has 3 aromatic rings. The van der Waals surface area contributed by atoms with Crippen LogP contribution in [0.3, 0.4) is 0 Å². The maximum atomic E-state index is 6.15. The molecule has 1 N–H and O–H groups in total. The first-order valence-electron chi connectivity index (χ1n) is 8.16. The Morgan fingerprint density at radius 2 is 1.83 bits per heavy atom. The van der Waals surface area contributed by atoms with Gasteiger partial charge in [-0.2, -0.15) is 0 Å². The van der Waals surface area contributed by atoms with Gasteiger partial charge in [-0.3, -0.25) is 0 Å². The van der Waals surface area contributed by atoms with Gasteiger partial charge in [0.1, 0.15) is 12.4 Å². The molecule has 0 atom stereocenters. The van der Waals surface area contributed by atoms with Crippen LogP contribution in [0.5, 0.6) is 5.75 Å². The number of ether oxygens (including phenoxy) is 1. The lowest BCUT2D eigenvalue weighted by molar-refractivity contribution is 0.310. The minimum Gasteiger partial charge on any atom is -0.488 e. The molecule has 0 fully saturated rings. The van der Waals surface area contributed by atoms with E-state index in [0.717, 1.165) is 18.7 Å². The predicted octanol–water partition coefficient (Wildman–Crippen LogP) is 5.55. The van der Waals surface area contributed by atoms with Crippen molar-refractivity contribution in [3.8, 4) is 5.75 Å². The van der Waals surface area contributed by atoms with E-state index in [1.807, 2.05) is 18.2 Å². The van der Waals surface area contributed by atoms with Crippen molar-refractivity contribution in [3.63, 3.8) is 0 Å². The molecule has 3 aromatic carbocycles. The SMILES string of the molecule is CCl.Cc1cccc2c(OCc3ccccc3)cc3c(c12)CCN3. The van der Waals surface area contributed by atoms with Crippen LogP contribution in [-0.2, 0) is 13.0 Å². The molecule has 2 nitrogen and oxygen atoms in total. The van der Waals surface area contributed by atoms with Crippen LogP contribution in [-0.4, -0.2) is 12.9 Å². The molecule has 0 saturated carbocycles. The Kier molecular flexibility index (Phi) is 5.27. The summed E-state index contributed by atoms with van der Waals surface area (Å²) in [5, 5.41) is 6.05. The number of alkyl halides is 1. The first kappa shape index (κ1) is 16.7. The fraction of sp³-hybridized carbons (Fsp3) is 0.238. The molecular formula is C21H22ClNO. The molecule has 0 aliphatic carbocycles. The molecule has 1 heterocycles. The lowest BCUT2D eigenvalue weighted by atomic mass is 9.97. The zero-order chi connectivity index (χ0) is 16.9. The molecule has 24 heavy (non-hydrogen) atoms. The van der Waals surface area contributed by atoms with Gasteiger partial charge in [0.15, 0.2) is 0 Å². The molecule has 0 unspecified atom stereocenters. The first-order valence-corrected chi connectivity index (χ1v) is 8.92. The monoisotopic (exact) mass is 339 g/mol. The Hall–Kier alpha value is -2.19. The third-order valence-electron chi connectivity index (χ3n) is 4.37. The molecule has 0 spiro atoms. The highest BCUT2D eigenvalue weighted by Gasteiger charge is 2.18. The summed E-state index contributed by atoms with van der Waals surface area (Å²) in [5.41, 5.74) is 5.17. The topological polar surface area (TPSA) is 21.3 Å². The normalized spacial score (nSPS) is 12.1. The van der Waals surface area contributed by atoms with Gasteiger partial charge in [-0.05, 0) is 35.4 Å². The van der Waals surface area contributed by atoms with Crippen LogP contribution in [0.25, 0.3) is 10.8 Å². The minimum absolute atomic E-state index is 0.600. The molecule has 3 heteroatoms. The van der Waals surface area contributed by atoms with Crippen LogP contribution in [0.15, 0.2) is 54.6 Å². The molecule has 0 saturated heterocycles. The molecule has 0 bridgehead atoms. The van der Waals surface area contributed by atoms with E-state index in [2.05, 4.69) is 60.2 Å². The van der Waals surface area contributed by atoms with E-state index < -0.39 is 0 Å². The van der Waals surface area contributed by atoms with E-state index in [0.29, 0.717) is 6.61 Å². The van der Waals surface area contributed by atoms with E-state index in [4.69, 9.17) is 4.74 Å². The number of rotatable bonds is 3. The van der Waals surface area contributed by atoms with Gasteiger partial charge in [-0.1, -0.05) is 48.5 Å². The number of halogens is 1. The largest absolute Gasteiger partial charge is 0.488 e. The molecular weight excluding hydrogens is 318 g/mol. The number of fused-ring (bicyclic) bond motifs is 3. The van der Waals surface area contributed by atoms with Crippen molar-refractivity contribution in [2.75, 3.05) is 18.2 Å². The fourth-order valence-electron chi connectivity index (χ4n) is 3.30. The summed E-state index contributed by atoms with van der Waals surface area (Å²) in [6, 6.07) is 18.9. The molecule has 4 rings (SSSR count). The van der Waals surface area contributed by atoms with Gasteiger partial charge in [0.2, 0.25) is 0 Å². The van der Waals surface area contributed by atoms with Crippen molar-refractivity contribution >= 4 is 28.1 Å². The van der Waals surface area contributed by atoms with E-state index in [-0.39, 0.29) is 0 Å². The summed E-state index contributed by atoms with van der Waals surface area (Å²) in [7, 11) is 0. The second-order valence-corrected chi connectivity index (χ2v) is 5.85. The van der Waals surface area contributed by atoms with Crippen LogP contribution in [0.1, 0.15) is 16.7 Å². The summed E-state index contributed by atoms with van der Waals surface area (Å²) >= 11 is 4.64. The number of hydrogen-bond donors (Lipinski definition) is 1. The average Bonchev–Trinajstić information content (AvgIpc) is 3.10. The van der Waals surface area contributed by atoms with Crippen LogP contribution in [0, 0.1) is 6.92 Å². The van der Waals surface area contributed by atoms with Gasteiger partial charge in [0, 0.05) is 30.1 Å². The van der Waals surface area contributed by atoms with E-state index >= 15 is 0 Å². The summed E-state index contributed by atoms with van der Waals surface area (Å²) in [5.74, 6) is 0.968. The zero-order valence-electron chi connectivity index (χ0n) is 14.1. The standard InChI is InChI=1S/C20H19NO.CH3Cl/c1-14-6-5-9-17-19(22-13-15-7-3-2-4-8-15)12-18-16(20(14)17)10-11-21-18;1-2/h2-9,12,21H,10-11,13H2,1H3;1H3. The average molecular weight is 340 g/mol. The maximum absolute atomic E-state index is 6.15. The number of aryl methyl sites for hydroxylation is 1. The summed E-state index contributed by atoms with van der Waals surface area (Å²) in [6.45, 7) is 3.80. The van der Waals surface area contributed by atoms with Gasteiger partial charge in [0.25, 0.3) is 0 Å². The van der Waals surface area contributed by atoms with Crippen LogP contribution in [0.4, 0.5) is 5.69 Å². The Bertz CT molecular complexity index is 830. The first-order chi connectivity index (χ1) is 11.8. The minimum atomic E-state index is 0.600. The van der Waals surface area contributed by atoms with E-state index in [1.165, 1.54) is 39.5 Å². The lowest BCUT2D eigenvalue weighted by Crippen LogP contribution is -1.98. The van der Waals surface area contributed by atoms with Gasteiger partial charge in [0.05, 0.1) is 0 Å². The Morgan fingerprint density at radius 3 is 2.62 bits per heavy atom. The van der Waals surface area contributed by atoms with E-state index in [9.17, 15) is 0 Å². The van der Waals surface area contributed by atoms with Crippen LogP contribution < -0.4 is 10.1 Å². The van der Waals surface area contributed by atoms with Gasteiger partial charge in [-0.15, -0.1) is 11.6 Å². The van der Waals surface area contributed by atoms with Crippen molar-refractivity contribution in [1.82, 2.24) is 0 Å². The Balaban J connectivity index is 0.000000815. The number of nitrogens with one attached hydrogen (secondary N) is 1. The van der Waals surface area contributed by atoms with Crippen molar-refractivity contribution in [3.05, 3.63) is 71.3 Å². The molecule has 0 radical (unpaired) electrons. The van der Waals surface area contributed by atoms with Gasteiger partial charge >= 0.3 is 0 Å². The highest BCUT2D eigenvalue weighted by atomic mass is 35.5. The molecule has 0 amide bonds. The lowest BCUT2D eigenvalue weighted by Gasteiger charge is -2.14. The van der Waals surface area contributed by atoms with Crippen molar-refractivity contribution < 1.29 is 4.74 Å². The zero-order valence-corrected chi connectivity index (χ0v) is 14.9. The molecule has 1 aliphatic heterocycles. The number of benzene rings is 3. The highest BCUT2D eigenvalue weighted by molar-refractivity contribution is 6.15. The second-order valence-electron chi connectivity index (χ2n) is 5.85. The van der Waals surface area contributed by atoms with Crippen molar-refractivity contribution in [2.24, 2.45) is 0 Å². The number of hydrogen-bond acceptors (Lipinski definition) is 2. The molecule has 1 aliphatic rings. The fourth-order valence-corrected chi connectivity index (χ4v) is 3.30. The summed E-state index contributed by atoms with van der Waals surface area (Å²) in [6.07, 6.45) is 2.57. The predicted molar refractivity (Wildman–Crippen MR) is 103 cm³/mol. The Morgan fingerprint density at radius 1 is 1.04 bits per heavy atom. The van der Waals surface area contributed by atoms with Crippen molar-refractivity contribution in [2.45, 2.75) is 20.0 Å². The summed E-state index contributed by atoms with van der Waals surface area (Å²) < 4.78 is 6.15. The third-order valence-corrected chi connectivity index (χ3v) is 4.37. The highest BCUT2D eigenvalue weighted by Crippen LogP contribution is 2.39. The summed E-state index contributed by atoms with van der Waals surface area (Å²) in [4.78, 5) is 0. The van der Waals surface area contributed by atoms with Gasteiger partial charge < -0.3 is 10.1 Å². The number of anilines is 1. The van der Waals surface area contributed by atoms with Crippen molar-refractivity contribution in [1.29, 1.82) is 0 Å². The second kappa shape index (κ2) is 7.59. The van der Waals surface area contributed by atoms with Gasteiger partial charge in [-0.25, -0.2) is 0 Å². The van der Waals surface area contributed by atoms with E-state index in [1.54, 1.807) is 0 Å². The molecule has 124 valence electrons. The van der Waals surface area contributed by atoms with Crippen LogP contribution >= 0.6 is 11.6 Å². The Labute approximate surface area is 148 Å². The molecule has 0 aromatic heterocycles. The smallest absolute Gasteiger partial charge is 0.129 e. The maximum Gasteiger partial charge on any atom is 0.129 e.